The van der Waals surface area contributed by atoms with Crippen molar-refractivity contribution < 1.29 is 4.79 Å². The number of amides is 1. The Hall–Kier alpha value is -1.65. The Morgan fingerprint density at radius 3 is 2.50 bits per heavy atom. The molecule has 0 bridgehead atoms. The number of rotatable bonds is 3. The molecule has 20 heavy (non-hydrogen) atoms. The zero-order valence-corrected chi connectivity index (χ0v) is 12.2. The fourth-order valence-corrected chi connectivity index (χ4v) is 3.30. The Morgan fingerprint density at radius 1 is 1.10 bits per heavy atom. The molecule has 0 spiro atoms. The molecule has 0 radical (unpaired) electrons. The van der Waals surface area contributed by atoms with Gasteiger partial charge in [-0.2, -0.15) is 0 Å². The van der Waals surface area contributed by atoms with E-state index in [9.17, 15) is 4.79 Å². The van der Waals surface area contributed by atoms with Gasteiger partial charge in [0, 0.05) is 5.02 Å². The van der Waals surface area contributed by atoms with Crippen LogP contribution in [0.3, 0.4) is 0 Å². The minimum atomic E-state index is -0.0278. The van der Waals surface area contributed by atoms with Gasteiger partial charge in [-0.05, 0) is 29.8 Å². The molecular weight excluding hydrogens is 292 g/mol. The predicted octanol–water partition coefficient (Wildman–Crippen LogP) is 3.94. The minimum Gasteiger partial charge on any atom is -0.295 e. The second kappa shape index (κ2) is 5.77. The van der Waals surface area contributed by atoms with Gasteiger partial charge in [-0.3, -0.25) is 10.2 Å². The first-order chi connectivity index (χ1) is 9.74. The first-order valence-electron chi connectivity index (χ1n) is 6.25. The first kappa shape index (κ1) is 13.3. The molecule has 0 aliphatic carbocycles. The van der Waals surface area contributed by atoms with Crippen LogP contribution in [0.5, 0.6) is 0 Å². The lowest BCUT2D eigenvalue weighted by Gasteiger charge is -2.25. The summed E-state index contributed by atoms with van der Waals surface area (Å²) in [5.41, 5.74) is 5.15. The van der Waals surface area contributed by atoms with Crippen molar-refractivity contribution in [2.45, 2.75) is 5.37 Å². The number of hydrogen-bond donors (Lipinski definition) is 1. The van der Waals surface area contributed by atoms with Crippen molar-refractivity contribution in [3.8, 4) is 0 Å². The van der Waals surface area contributed by atoms with E-state index in [1.54, 1.807) is 16.8 Å². The third-order valence-corrected chi connectivity index (χ3v) is 4.51. The van der Waals surface area contributed by atoms with E-state index in [1.165, 1.54) is 0 Å². The number of carbonyl (C=O) groups excluding carboxylic acids is 1. The van der Waals surface area contributed by atoms with Gasteiger partial charge in [-0.1, -0.05) is 41.9 Å². The minimum absolute atomic E-state index is 0.0278. The molecular formula is C15H13ClN2OS. The maximum Gasteiger partial charge on any atom is 0.252 e. The van der Waals surface area contributed by atoms with Crippen LogP contribution in [0.25, 0.3) is 0 Å². The summed E-state index contributed by atoms with van der Waals surface area (Å²) in [4.78, 5) is 12.0. The van der Waals surface area contributed by atoms with E-state index in [-0.39, 0.29) is 11.3 Å². The Labute approximate surface area is 126 Å². The SMILES string of the molecule is O=C1CS[C@H](c2ccc(Cl)cc2)N1Nc1ccccc1. The number of benzene rings is 2. The second-order valence-corrected chi connectivity index (χ2v) is 5.96. The number of thioether (sulfide) groups is 1. The van der Waals surface area contributed by atoms with Crippen molar-refractivity contribution in [2.75, 3.05) is 11.2 Å². The molecule has 5 heteroatoms. The van der Waals surface area contributed by atoms with E-state index >= 15 is 0 Å². The molecule has 1 saturated heterocycles. The summed E-state index contributed by atoms with van der Waals surface area (Å²) in [5, 5.41) is 2.36. The number of hydrogen-bond acceptors (Lipinski definition) is 3. The van der Waals surface area contributed by atoms with Gasteiger partial charge in [0.1, 0.15) is 5.37 Å². The Balaban J connectivity index is 1.83. The molecule has 0 unspecified atom stereocenters. The van der Waals surface area contributed by atoms with Gasteiger partial charge in [0.2, 0.25) is 0 Å². The number of halogens is 1. The summed E-state index contributed by atoms with van der Waals surface area (Å²) in [6.07, 6.45) is 0. The summed E-state index contributed by atoms with van der Waals surface area (Å²) in [7, 11) is 0. The second-order valence-electron chi connectivity index (χ2n) is 4.46. The van der Waals surface area contributed by atoms with Crippen molar-refractivity contribution in [3.05, 3.63) is 65.2 Å². The highest BCUT2D eigenvalue weighted by molar-refractivity contribution is 8.00. The van der Waals surface area contributed by atoms with Gasteiger partial charge in [-0.15, -0.1) is 11.8 Å². The molecule has 3 rings (SSSR count). The maximum absolute atomic E-state index is 12.0. The zero-order chi connectivity index (χ0) is 13.9. The molecule has 1 N–H and O–H groups in total. The van der Waals surface area contributed by atoms with E-state index in [2.05, 4.69) is 5.43 Å². The molecule has 0 aromatic heterocycles. The molecule has 1 fully saturated rings. The van der Waals surface area contributed by atoms with Crippen LogP contribution in [-0.4, -0.2) is 16.7 Å². The van der Waals surface area contributed by atoms with Gasteiger partial charge in [0.05, 0.1) is 11.4 Å². The van der Waals surface area contributed by atoms with E-state index in [0.717, 1.165) is 11.3 Å². The lowest BCUT2D eigenvalue weighted by molar-refractivity contribution is -0.126. The van der Waals surface area contributed by atoms with Gasteiger partial charge >= 0.3 is 0 Å². The standard InChI is InChI=1S/C15H13ClN2OS/c16-12-8-6-11(7-9-12)15-18(14(19)10-20-15)17-13-4-2-1-3-5-13/h1-9,15,17H,10H2/t15-/m1/s1. The van der Waals surface area contributed by atoms with Crippen molar-refractivity contribution in [1.82, 2.24) is 5.01 Å². The summed E-state index contributed by atoms with van der Waals surface area (Å²) < 4.78 is 0. The molecule has 3 nitrogen and oxygen atoms in total. The normalized spacial score (nSPS) is 18.4. The van der Waals surface area contributed by atoms with E-state index in [1.807, 2.05) is 54.6 Å². The average molecular weight is 305 g/mol. The van der Waals surface area contributed by atoms with Crippen LogP contribution in [-0.2, 0) is 4.79 Å². The smallest absolute Gasteiger partial charge is 0.252 e. The van der Waals surface area contributed by atoms with Gasteiger partial charge < -0.3 is 0 Å². The van der Waals surface area contributed by atoms with Crippen LogP contribution in [0.1, 0.15) is 10.9 Å². The highest BCUT2D eigenvalue weighted by Crippen LogP contribution is 2.38. The molecule has 1 atom stereocenters. The Morgan fingerprint density at radius 2 is 1.80 bits per heavy atom. The fourth-order valence-electron chi connectivity index (χ4n) is 2.07. The van der Waals surface area contributed by atoms with Crippen molar-refractivity contribution in [1.29, 1.82) is 0 Å². The number of carbonyl (C=O) groups is 1. The lowest BCUT2D eigenvalue weighted by Crippen LogP contribution is -2.33. The van der Waals surface area contributed by atoms with Gasteiger partial charge in [0.25, 0.3) is 5.91 Å². The van der Waals surface area contributed by atoms with Crippen LogP contribution in [0.2, 0.25) is 5.02 Å². The van der Waals surface area contributed by atoms with E-state index < -0.39 is 0 Å². The molecule has 2 aromatic rings. The van der Waals surface area contributed by atoms with Crippen LogP contribution in [0, 0.1) is 0 Å². The highest BCUT2D eigenvalue weighted by Gasteiger charge is 2.33. The Bertz CT molecular complexity index is 603. The van der Waals surface area contributed by atoms with Gasteiger partial charge in [0.15, 0.2) is 0 Å². The number of para-hydroxylation sites is 1. The van der Waals surface area contributed by atoms with Crippen LogP contribution >= 0.6 is 23.4 Å². The highest BCUT2D eigenvalue weighted by atomic mass is 35.5. The summed E-state index contributed by atoms with van der Waals surface area (Å²) in [5.74, 6) is 0.562. The fraction of sp³-hybridized carbons (Fsp3) is 0.133. The molecule has 102 valence electrons. The van der Waals surface area contributed by atoms with Crippen LogP contribution in [0.4, 0.5) is 5.69 Å². The monoisotopic (exact) mass is 304 g/mol. The number of nitrogens with one attached hydrogen (secondary N) is 1. The molecule has 2 aromatic carbocycles. The third-order valence-electron chi connectivity index (χ3n) is 3.05. The van der Waals surface area contributed by atoms with Crippen molar-refractivity contribution >= 4 is 35.0 Å². The topological polar surface area (TPSA) is 32.3 Å². The van der Waals surface area contributed by atoms with Crippen molar-refractivity contribution in [2.24, 2.45) is 0 Å². The predicted molar refractivity (Wildman–Crippen MR) is 83.6 cm³/mol. The largest absolute Gasteiger partial charge is 0.295 e. The van der Waals surface area contributed by atoms with Crippen molar-refractivity contribution in [3.63, 3.8) is 0 Å². The van der Waals surface area contributed by atoms with Crippen LogP contribution in [0.15, 0.2) is 54.6 Å². The number of anilines is 1. The van der Waals surface area contributed by atoms with Gasteiger partial charge in [-0.25, -0.2) is 5.01 Å². The maximum atomic E-state index is 12.0. The number of nitrogens with zero attached hydrogens (tertiary/aromatic N) is 1. The van der Waals surface area contributed by atoms with E-state index in [4.69, 9.17) is 11.6 Å². The summed E-state index contributed by atoms with van der Waals surface area (Å²) in [6.45, 7) is 0. The average Bonchev–Trinajstić information content (AvgIpc) is 2.83. The van der Waals surface area contributed by atoms with E-state index in [0.29, 0.717) is 10.8 Å². The first-order valence-corrected chi connectivity index (χ1v) is 7.67. The summed E-state index contributed by atoms with van der Waals surface area (Å²) in [6, 6.07) is 17.3. The molecule has 1 amide bonds. The zero-order valence-electron chi connectivity index (χ0n) is 10.6. The molecule has 1 heterocycles. The molecule has 1 aliphatic heterocycles. The van der Waals surface area contributed by atoms with Crippen LogP contribution < -0.4 is 5.43 Å². The number of hydrazine groups is 1. The Kier molecular flexibility index (Phi) is 3.85. The summed E-state index contributed by atoms with van der Waals surface area (Å²) >= 11 is 7.52. The quantitative estimate of drug-likeness (QED) is 0.932. The third kappa shape index (κ3) is 2.76. The molecule has 1 aliphatic rings. The molecule has 0 saturated carbocycles. The lowest BCUT2D eigenvalue weighted by atomic mass is 10.2.